The summed E-state index contributed by atoms with van der Waals surface area (Å²) < 4.78 is 1.03. The van der Waals surface area contributed by atoms with E-state index in [0.29, 0.717) is 11.6 Å². The van der Waals surface area contributed by atoms with E-state index < -0.39 is 0 Å². The molecular formula is C22H31N3O2. The van der Waals surface area contributed by atoms with E-state index in [1.165, 1.54) is 5.57 Å². The van der Waals surface area contributed by atoms with Crippen LogP contribution in [0.2, 0.25) is 0 Å². The molecule has 146 valence electrons. The van der Waals surface area contributed by atoms with E-state index >= 15 is 0 Å². The van der Waals surface area contributed by atoms with E-state index in [9.17, 15) is 10.3 Å². The van der Waals surface area contributed by atoms with Crippen molar-refractivity contribution in [1.82, 2.24) is 4.90 Å². The number of aliphatic imine (C=N–C) groups is 1. The first kappa shape index (κ1) is 19.6. The summed E-state index contributed by atoms with van der Waals surface area (Å²) in [5, 5.41) is 22.1. The molecular weight excluding hydrogens is 338 g/mol. The minimum atomic E-state index is 0.187. The number of aliphatic hydroxyl groups is 1. The maximum Gasteiger partial charge on any atom is 0.229 e. The Bertz CT molecular complexity index is 783. The Hall–Kier alpha value is -2.14. The highest BCUT2D eigenvalue weighted by molar-refractivity contribution is 6.08. The second kappa shape index (κ2) is 8.26. The van der Waals surface area contributed by atoms with Crippen molar-refractivity contribution in [3.8, 4) is 0 Å². The van der Waals surface area contributed by atoms with Crippen LogP contribution in [0.25, 0.3) is 0 Å². The fraction of sp³-hybridized carbons (Fsp3) is 0.545. The third-order valence-corrected chi connectivity index (χ3v) is 5.93. The number of allylic oxidation sites excluding steroid dienone is 7. The summed E-state index contributed by atoms with van der Waals surface area (Å²) in [6, 6.07) is 0. The number of likely N-dealkylation sites (tertiary alicyclic amines) is 1. The van der Waals surface area contributed by atoms with Gasteiger partial charge in [0.05, 0.1) is 11.6 Å². The van der Waals surface area contributed by atoms with Gasteiger partial charge in [0.25, 0.3) is 0 Å². The first-order valence-electron chi connectivity index (χ1n) is 9.98. The second-order valence-corrected chi connectivity index (χ2v) is 7.86. The van der Waals surface area contributed by atoms with Gasteiger partial charge in [-0.25, -0.2) is 4.99 Å². The Morgan fingerprint density at radius 3 is 2.78 bits per heavy atom. The first-order valence-corrected chi connectivity index (χ1v) is 9.98. The maximum atomic E-state index is 12.4. The Morgan fingerprint density at radius 2 is 2.19 bits per heavy atom. The molecule has 0 aromatic rings. The average Bonchev–Trinajstić information content (AvgIpc) is 2.67. The number of hydrogen-bond donors (Lipinski definition) is 1. The number of nitrogens with zero attached hydrogens (tertiary/aromatic N) is 3. The van der Waals surface area contributed by atoms with E-state index in [-0.39, 0.29) is 12.5 Å². The van der Waals surface area contributed by atoms with E-state index in [0.717, 1.165) is 59.9 Å². The molecule has 27 heavy (non-hydrogen) atoms. The first-order chi connectivity index (χ1) is 12.9. The molecule has 3 aliphatic rings. The molecule has 0 bridgehead atoms. The van der Waals surface area contributed by atoms with Crippen LogP contribution in [0.5, 0.6) is 0 Å². The molecule has 5 heteroatoms. The van der Waals surface area contributed by atoms with Gasteiger partial charge in [-0.15, -0.1) is 0 Å². The minimum absolute atomic E-state index is 0.187. The van der Waals surface area contributed by atoms with Gasteiger partial charge in [-0.3, -0.25) is 0 Å². The lowest BCUT2D eigenvalue weighted by Gasteiger charge is -2.38. The van der Waals surface area contributed by atoms with E-state index in [1.54, 1.807) is 0 Å². The van der Waals surface area contributed by atoms with Crippen LogP contribution in [0, 0.1) is 17.0 Å². The average molecular weight is 370 g/mol. The highest BCUT2D eigenvalue weighted by atomic mass is 16.5. The van der Waals surface area contributed by atoms with Gasteiger partial charge in [-0.2, -0.15) is 4.74 Å². The molecule has 0 aromatic carbocycles. The molecule has 5 nitrogen and oxygen atoms in total. The molecule has 2 unspecified atom stereocenters. The Balaban J connectivity index is 1.95. The number of aliphatic hydroxyl groups excluding tert-OH is 1. The summed E-state index contributed by atoms with van der Waals surface area (Å²) in [4.78, 5) is 7.22. The van der Waals surface area contributed by atoms with Crippen molar-refractivity contribution in [2.75, 3.05) is 19.7 Å². The van der Waals surface area contributed by atoms with Gasteiger partial charge in [-0.1, -0.05) is 31.6 Å². The SMILES string of the molecule is CCC1=CC(/C(C)=C(/N=C2C=CC(C)=CC2)N2CCC(C)C(CO)C2)=[N+]1[O-]. The number of hydroxylamine groups is 1. The predicted octanol–water partition coefficient (Wildman–Crippen LogP) is 3.77. The fourth-order valence-electron chi connectivity index (χ4n) is 3.80. The molecule has 3 rings (SSSR count). The van der Waals surface area contributed by atoms with Crippen LogP contribution >= 0.6 is 0 Å². The highest BCUT2D eigenvalue weighted by Crippen LogP contribution is 2.29. The number of hydrogen-bond acceptors (Lipinski definition) is 4. The molecule has 1 aliphatic carbocycles. The molecule has 1 saturated heterocycles. The normalized spacial score (nSPS) is 28.0. The van der Waals surface area contributed by atoms with Crippen molar-refractivity contribution in [3.05, 3.63) is 52.2 Å². The Kier molecular flexibility index (Phi) is 6.00. The molecule has 0 aromatic heterocycles. The summed E-state index contributed by atoms with van der Waals surface area (Å²) in [7, 11) is 0. The lowest BCUT2D eigenvalue weighted by atomic mass is 9.87. The van der Waals surface area contributed by atoms with Gasteiger partial charge < -0.3 is 15.2 Å². The standard InChI is InChI=1S/C22H31N3O2/c1-5-20-12-21(25(20)27)17(4)22(23-19-8-6-15(2)7-9-19)24-11-10-16(3)18(13-24)14-26/h6-8,12,16,18,26H,5,9-11,13-14H2,1-4H3/b22-17-,23-19?. The number of piperidine rings is 1. The van der Waals surface area contributed by atoms with Gasteiger partial charge in [0.15, 0.2) is 5.70 Å². The summed E-state index contributed by atoms with van der Waals surface area (Å²) in [5.41, 5.74) is 4.69. The van der Waals surface area contributed by atoms with Crippen LogP contribution < -0.4 is 0 Å². The second-order valence-electron chi connectivity index (χ2n) is 7.86. The zero-order valence-electron chi connectivity index (χ0n) is 16.9. The predicted molar refractivity (Wildman–Crippen MR) is 111 cm³/mol. The van der Waals surface area contributed by atoms with Crippen LogP contribution in [0.4, 0.5) is 0 Å². The van der Waals surface area contributed by atoms with Crippen LogP contribution in [-0.2, 0) is 0 Å². The van der Waals surface area contributed by atoms with Gasteiger partial charge in [-0.05, 0) is 32.3 Å². The van der Waals surface area contributed by atoms with Crippen LogP contribution in [0.3, 0.4) is 0 Å². The van der Waals surface area contributed by atoms with Crippen LogP contribution in [-0.4, -0.2) is 45.9 Å². The zero-order chi connectivity index (χ0) is 19.6. The van der Waals surface area contributed by atoms with Crippen LogP contribution in [0.15, 0.2) is 52.0 Å². The Labute approximate surface area is 162 Å². The lowest BCUT2D eigenvalue weighted by molar-refractivity contribution is -0.415. The van der Waals surface area contributed by atoms with E-state index in [2.05, 4.69) is 37.0 Å². The maximum absolute atomic E-state index is 12.4. The van der Waals surface area contributed by atoms with Gasteiger partial charge >= 0.3 is 0 Å². The summed E-state index contributed by atoms with van der Waals surface area (Å²) >= 11 is 0. The molecule has 0 radical (unpaired) electrons. The third-order valence-electron chi connectivity index (χ3n) is 5.93. The van der Waals surface area contributed by atoms with Crippen molar-refractivity contribution in [3.63, 3.8) is 0 Å². The molecule has 0 spiro atoms. The zero-order valence-corrected chi connectivity index (χ0v) is 16.9. The topological polar surface area (TPSA) is 61.9 Å². The third kappa shape index (κ3) is 4.08. The molecule has 2 heterocycles. The monoisotopic (exact) mass is 369 g/mol. The lowest BCUT2D eigenvalue weighted by Crippen LogP contribution is -2.41. The Morgan fingerprint density at radius 1 is 1.41 bits per heavy atom. The van der Waals surface area contributed by atoms with Crippen LogP contribution in [0.1, 0.15) is 47.0 Å². The minimum Gasteiger partial charge on any atom is -0.618 e. The van der Waals surface area contributed by atoms with Crippen molar-refractivity contribution < 1.29 is 9.85 Å². The van der Waals surface area contributed by atoms with Crippen molar-refractivity contribution >= 4 is 11.4 Å². The molecule has 2 aliphatic heterocycles. The van der Waals surface area contributed by atoms with Gasteiger partial charge in [0, 0.05) is 44.2 Å². The van der Waals surface area contributed by atoms with Gasteiger partial charge in [0.1, 0.15) is 5.82 Å². The summed E-state index contributed by atoms with van der Waals surface area (Å²) in [5.74, 6) is 1.61. The molecule has 0 saturated carbocycles. The summed E-state index contributed by atoms with van der Waals surface area (Å²) in [6.45, 7) is 10.1. The molecule has 1 N–H and O–H groups in total. The van der Waals surface area contributed by atoms with E-state index in [4.69, 9.17) is 4.99 Å². The van der Waals surface area contributed by atoms with Crippen molar-refractivity contribution in [1.29, 1.82) is 0 Å². The van der Waals surface area contributed by atoms with E-state index in [1.807, 2.05) is 19.9 Å². The fourth-order valence-corrected chi connectivity index (χ4v) is 3.80. The highest BCUT2D eigenvalue weighted by Gasteiger charge is 2.32. The largest absolute Gasteiger partial charge is 0.618 e. The number of rotatable bonds is 5. The molecule has 1 fully saturated rings. The molecule has 0 amide bonds. The van der Waals surface area contributed by atoms with Crippen molar-refractivity contribution in [2.45, 2.75) is 47.0 Å². The summed E-state index contributed by atoms with van der Waals surface area (Å²) in [6.07, 6.45) is 10.9. The molecule has 2 atom stereocenters. The van der Waals surface area contributed by atoms with Gasteiger partial charge in [0.2, 0.25) is 5.71 Å². The van der Waals surface area contributed by atoms with Crippen molar-refractivity contribution in [2.24, 2.45) is 16.8 Å². The quantitative estimate of drug-likeness (QED) is 0.593. The smallest absolute Gasteiger partial charge is 0.229 e.